The smallest absolute Gasteiger partial charge is 0.330 e. The van der Waals surface area contributed by atoms with Gasteiger partial charge in [-0.3, -0.25) is 9.80 Å². The average molecular weight is 405 g/mol. The van der Waals surface area contributed by atoms with Gasteiger partial charge in [-0.05, 0) is 70.5 Å². The third-order valence-electron chi connectivity index (χ3n) is 5.52. The van der Waals surface area contributed by atoms with E-state index in [1.165, 1.54) is 0 Å². The van der Waals surface area contributed by atoms with E-state index in [0.29, 0.717) is 16.7 Å². The summed E-state index contributed by atoms with van der Waals surface area (Å²) in [7, 11) is 0. The summed E-state index contributed by atoms with van der Waals surface area (Å²) in [5.41, 5.74) is 1.95. The van der Waals surface area contributed by atoms with Crippen molar-refractivity contribution >= 4 is 40.6 Å². The number of amides is 2. The maximum Gasteiger partial charge on any atom is 0.330 e. The van der Waals surface area contributed by atoms with Crippen molar-refractivity contribution in [3.05, 3.63) is 52.0 Å². The van der Waals surface area contributed by atoms with Crippen LogP contribution >= 0.6 is 23.2 Å². The van der Waals surface area contributed by atoms with E-state index in [1.807, 2.05) is 34.9 Å². The number of carbonyl (C=O) groups is 1. The van der Waals surface area contributed by atoms with Crippen molar-refractivity contribution in [2.45, 2.75) is 45.2 Å². The Hall–Kier alpha value is -1.91. The summed E-state index contributed by atoms with van der Waals surface area (Å²) < 4.78 is 5.72. The van der Waals surface area contributed by atoms with Crippen LogP contribution < -0.4 is 14.5 Å². The van der Waals surface area contributed by atoms with Gasteiger partial charge in [-0.1, -0.05) is 23.2 Å². The first-order valence-electron chi connectivity index (χ1n) is 9.06. The number of ether oxygens (including phenoxy) is 1. The van der Waals surface area contributed by atoms with Crippen LogP contribution in [-0.4, -0.2) is 18.2 Å². The lowest BCUT2D eigenvalue weighted by Gasteiger charge is -2.61. The van der Waals surface area contributed by atoms with Gasteiger partial charge in [0.2, 0.25) is 0 Å². The molecular weight excluding hydrogens is 383 g/mol. The van der Waals surface area contributed by atoms with Gasteiger partial charge in [0, 0.05) is 16.8 Å². The number of hydrogen-bond donors (Lipinski definition) is 0. The Bertz CT molecular complexity index is 944. The molecule has 4 nitrogen and oxygen atoms in total. The minimum atomic E-state index is -0.519. The fraction of sp³-hybridized carbons (Fsp3) is 0.381. The molecule has 1 unspecified atom stereocenters. The molecule has 1 fully saturated rings. The fourth-order valence-electron chi connectivity index (χ4n) is 4.63. The van der Waals surface area contributed by atoms with Crippen LogP contribution in [0.5, 0.6) is 5.75 Å². The highest BCUT2D eigenvalue weighted by Gasteiger charge is 2.58. The van der Waals surface area contributed by atoms with Gasteiger partial charge in [0.1, 0.15) is 5.75 Å². The SMILES string of the molecule is CCOc1ccc2c(c1)C1(C)CC(C)(C)N2C(=O)N1c1ccc(Cl)c(Cl)c1. The van der Waals surface area contributed by atoms with Crippen LogP contribution in [0, 0.1) is 0 Å². The third kappa shape index (κ3) is 2.61. The van der Waals surface area contributed by atoms with Crippen LogP contribution in [0.2, 0.25) is 10.0 Å². The van der Waals surface area contributed by atoms with Crippen LogP contribution in [0.15, 0.2) is 36.4 Å². The molecule has 0 spiro atoms. The summed E-state index contributed by atoms with van der Waals surface area (Å²) in [4.78, 5) is 17.2. The standard InChI is InChI=1S/C21H22Cl2N2O2/c1-5-27-14-7-9-18-15(11-14)21(4)12-20(2,3)25(18)19(26)24(21)13-6-8-16(22)17(23)10-13/h6-11H,5,12H2,1-4H3. The van der Waals surface area contributed by atoms with Crippen LogP contribution in [-0.2, 0) is 5.54 Å². The number of nitrogens with zero attached hydrogens (tertiary/aromatic N) is 2. The van der Waals surface area contributed by atoms with Crippen molar-refractivity contribution in [1.29, 1.82) is 0 Å². The van der Waals surface area contributed by atoms with Crippen molar-refractivity contribution in [3.8, 4) is 5.75 Å². The molecule has 0 aromatic heterocycles. The number of rotatable bonds is 3. The van der Waals surface area contributed by atoms with Crippen LogP contribution in [0.3, 0.4) is 0 Å². The average Bonchev–Trinajstić information content (AvgIpc) is 2.57. The molecule has 3 heterocycles. The first-order chi connectivity index (χ1) is 12.7. The maximum atomic E-state index is 13.5. The second-order valence-corrected chi connectivity index (χ2v) is 8.74. The van der Waals surface area contributed by atoms with Crippen molar-refractivity contribution in [2.24, 2.45) is 0 Å². The molecule has 6 heteroatoms. The van der Waals surface area contributed by atoms with Gasteiger partial charge >= 0.3 is 6.03 Å². The molecule has 2 bridgehead atoms. The molecular formula is C21H22Cl2N2O2. The Morgan fingerprint density at radius 3 is 2.44 bits per heavy atom. The van der Waals surface area contributed by atoms with Gasteiger partial charge in [0.25, 0.3) is 0 Å². The minimum Gasteiger partial charge on any atom is -0.494 e. The molecule has 0 radical (unpaired) electrons. The molecule has 3 aliphatic heterocycles. The predicted octanol–water partition coefficient (Wildman–Crippen LogP) is 6.24. The van der Waals surface area contributed by atoms with Gasteiger partial charge in [-0.2, -0.15) is 0 Å². The van der Waals surface area contributed by atoms with E-state index in [9.17, 15) is 4.79 Å². The largest absolute Gasteiger partial charge is 0.494 e. The fourth-order valence-corrected chi connectivity index (χ4v) is 4.93. The van der Waals surface area contributed by atoms with E-state index in [-0.39, 0.29) is 11.6 Å². The first kappa shape index (κ1) is 18.5. The van der Waals surface area contributed by atoms with Crippen LogP contribution in [0.1, 0.15) is 39.7 Å². The molecule has 1 atom stereocenters. The highest BCUT2D eigenvalue weighted by molar-refractivity contribution is 6.42. The Morgan fingerprint density at radius 2 is 1.78 bits per heavy atom. The third-order valence-corrected chi connectivity index (χ3v) is 6.26. The summed E-state index contributed by atoms with van der Waals surface area (Å²) in [5.74, 6) is 0.811. The van der Waals surface area contributed by atoms with Gasteiger partial charge < -0.3 is 4.74 Å². The van der Waals surface area contributed by atoms with Crippen LogP contribution in [0.4, 0.5) is 16.2 Å². The van der Waals surface area contributed by atoms with Crippen molar-refractivity contribution in [2.75, 3.05) is 16.4 Å². The van der Waals surface area contributed by atoms with E-state index in [4.69, 9.17) is 27.9 Å². The number of halogens is 2. The number of carbonyl (C=O) groups excluding carboxylic acids is 1. The lowest BCUT2D eigenvalue weighted by molar-refractivity contribution is 0.199. The molecule has 1 saturated heterocycles. The van der Waals surface area contributed by atoms with E-state index in [2.05, 4.69) is 26.8 Å². The number of urea groups is 1. The van der Waals surface area contributed by atoms with Gasteiger partial charge in [0.15, 0.2) is 0 Å². The number of anilines is 2. The van der Waals surface area contributed by atoms with E-state index in [1.54, 1.807) is 12.1 Å². The second kappa shape index (κ2) is 6.05. The normalized spacial score (nSPS) is 22.8. The summed E-state index contributed by atoms with van der Waals surface area (Å²) in [6.45, 7) is 8.88. The maximum absolute atomic E-state index is 13.5. The molecule has 142 valence electrons. The number of benzene rings is 2. The summed E-state index contributed by atoms with van der Waals surface area (Å²) >= 11 is 12.3. The Balaban J connectivity index is 1.93. The van der Waals surface area contributed by atoms with Gasteiger partial charge in [-0.25, -0.2) is 4.79 Å². The van der Waals surface area contributed by atoms with E-state index >= 15 is 0 Å². The Morgan fingerprint density at radius 1 is 1.04 bits per heavy atom. The zero-order valence-electron chi connectivity index (χ0n) is 15.8. The second-order valence-electron chi connectivity index (χ2n) is 7.93. The Labute approximate surface area is 169 Å². The van der Waals surface area contributed by atoms with Gasteiger partial charge in [0.05, 0.1) is 27.9 Å². The molecule has 5 rings (SSSR count). The molecule has 0 saturated carbocycles. The predicted molar refractivity (Wildman–Crippen MR) is 110 cm³/mol. The molecule has 0 aliphatic carbocycles. The van der Waals surface area contributed by atoms with E-state index in [0.717, 1.165) is 29.1 Å². The summed E-state index contributed by atoms with van der Waals surface area (Å²) in [6.07, 6.45) is 0.786. The lowest BCUT2D eigenvalue weighted by atomic mass is 9.71. The first-order valence-corrected chi connectivity index (χ1v) is 9.81. The highest BCUT2D eigenvalue weighted by atomic mass is 35.5. The molecule has 2 aromatic carbocycles. The van der Waals surface area contributed by atoms with Crippen LogP contribution in [0.25, 0.3) is 0 Å². The summed E-state index contributed by atoms with van der Waals surface area (Å²) in [5, 5.41) is 0.907. The zero-order chi connectivity index (χ0) is 19.6. The van der Waals surface area contributed by atoms with Crippen molar-refractivity contribution < 1.29 is 9.53 Å². The Kier molecular flexibility index (Phi) is 4.13. The molecule has 3 aliphatic rings. The monoisotopic (exact) mass is 404 g/mol. The molecule has 2 aromatic rings. The molecule has 0 N–H and O–H groups in total. The van der Waals surface area contributed by atoms with Crippen molar-refractivity contribution in [3.63, 3.8) is 0 Å². The molecule has 27 heavy (non-hydrogen) atoms. The highest BCUT2D eigenvalue weighted by Crippen LogP contribution is 2.56. The zero-order valence-corrected chi connectivity index (χ0v) is 17.4. The molecule has 2 amide bonds. The number of hydrogen-bond acceptors (Lipinski definition) is 2. The minimum absolute atomic E-state index is 0.0520. The quantitative estimate of drug-likeness (QED) is 0.606. The van der Waals surface area contributed by atoms with E-state index < -0.39 is 5.54 Å². The van der Waals surface area contributed by atoms with Crippen molar-refractivity contribution in [1.82, 2.24) is 0 Å². The lowest BCUT2D eigenvalue weighted by Crippen LogP contribution is -2.71. The topological polar surface area (TPSA) is 32.8 Å². The summed E-state index contributed by atoms with van der Waals surface area (Å²) in [6, 6.07) is 11.3. The number of fused-ring (bicyclic) bond motifs is 2. The van der Waals surface area contributed by atoms with Gasteiger partial charge in [-0.15, -0.1) is 0 Å².